The van der Waals surface area contributed by atoms with Crippen molar-refractivity contribution in [2.75, 3.05) is 0 Å². The van der Waals surface area contributed by atoms with Crippen LogP contribution in [-0.4, -0.2) is 4.40 Å². The topological polar surface area (TPSA) is 4.41 Å². The molecule has 90 valence electrons. The molecule has 4 rings (SSSR count). The van der Waals surface area contributed by atoms with Gasteiger partial charge in [0.25, 0.3) is 0 Å². The van der Waals surface area contributed by atoms with Gasteiger partial charge in [-0.2, -0.15) is 0 Å². The molecule has 0 saturated carbocycles. The zero-order chi connectivity index (χ0) is 13.0. The second-order valence-corrected chi connectivity index (χ2v) is 4.81. The third-order valence-corrected chi connectivity index (χ3v) is 3.87. The highest BCUT2D eigenvalue weighted by molar-refractivity contribution is 6.05. The van der Waals surface area contributed by atoms with Crippen molar-refractivity contribution < 1.29 is 0 Å². The van der Waals surface area contributed by atoms with Gasteiger partial charge in [-0.1, -0.05) is 55.6 Å². The Hall–Kier alpha value is -2.54. The number of nitrogens with zero attached hydrogens (tertiary/aromatic N) is 1. The molecule has 2 aromatic carbocycles. The molecule has 0 aliphatic carbocycles. The molecule has 0 aliphatic rings. The lowest BCUT2D eigenvalue weighted by atomic mass is 10.1. The summed E-state index contributed by atoms with van der Waals surface area (Å²) in [4.78, 5) is 0. The molecule has 0 aliphatic heterocycles. The number of hydrogen-bond donors (Lipinski definition) is 0. The molecule has 0 amide bonds. The molecule has 2 heterocycles. The number of para-hydroxylation sites is 2. The van der Waals surface area contributed by atoms with Crippen molar-refractivity contribution in [2.45, 2.75) is 0 Å². The van der Waals surface area contributed by atoms with Crippen LogP contribution in [0.5, 0.6) is 0 Å². The number of aromatic nitrogens is 1. The van der Waals surface area contributed by atoms with Crippen molar-refractivity contribution >= 4 is 40.0 Å². The highest BCUT2D eigenvalue weighted by Gasteiger charge is 2.14. The lowest BCUT2D eigenvalue weighted by molar-refractivity contribution is 1.36. The van der Waals surface area contributed by atoms with E-state index in [2.05, 4.69) is 66.1 Å². The van der Waals surface area contributed by atoms with Gasteiger partial charge in [0, 0.05) is 21.6 Å². The fourth-order valence-electron chi connectivity index (χ4n) is 3.07. The Morgan fingerprint density at radius 1 is 0.842 bits per heavy atom. The van der Waals surface area contributed by atoms with Crippen molar-refractivity contribution in [1.29, 1.82) is 0 Å². The van der Waals surface area contributed by atoms with Crippen molar-refractivity contribution in [3.63, 3.8) is 0 Å². The Balaban J connectivity index is 2.49. The van der Waals surface area contributed by atoms with Gasteiger partial charge in [0.05, 0.1) is 16.6 Å². The summed E-state index contributed by atoms with van der Waals surface area (Å²) in [5.41, 5.74) is 4.79. The van der Waals surface area contributed by atoms with E-state index < -0.39 is 0 Å². The van der Waals surface area contributed by atoms with Crippen LogP contribution >= 0.6 is 0 Å². The minimum absolute atomic E-state index is 1.08. The summed E-state index contributed by atoms with van der Waals surface area (Å²) in [6, 6.07) is 16.9. The van der Waals surface area contributed by atoms with Gasteiger partial charge < -0.3 is 4.40 Å². The van der Waals surface area contributed by atoms with E-state index in [1.807, 2.05) is 6.08 Å². The molecule has 1 heteroatoms. The zero-order valence-electron chi connectivity index (χ0n) is 10.6. The fourth-order valence-corrected chi connectivity index (χ4v) is 3.07. The van der Waals surface area contributed by atoms with Crippen molar-refractivity contribution in [3.05, 3.63) is 65.9 Å². The first-order valence-corrected chi connectivity index (χ1v) is 6.38. The molecule has 0 atom stereocenters. The fraction of sp³-hybridized carbons (Fsp3) is 0. The number of fused-ring (bicyclic) bond motifs is 5. The summed E-state index contributed by atoms with van der Waals surface area (Å²) >= 11 is 0. The average molecular weight is 243 g/mol. The van der Waals surface area contributed by atoms with E-state index in [1.165, 1.54) is 32.9 Å². The van der Waals surface area contributed by atoms with Gasteiger partial charge >= 0.3 is 0 Å². The summed E-state index contributed by atoms with van der Waals surface area (Å²) in [5, 5.41) is 3.54. The Bertz CT molecular complexity index is 989. The van der Waals surface area contributed by atoms with Gasteiger partial charge in [-0.3, -0.25) is 0 Å². The molecule has 2 aromatic heterocycles. The monoisotopic (exact) mass is 243 g/mol. The van der Waals surface area contributed by atoms with Crippen LogP contribution in [0.15, 0.2) is 55.1 Å². The Morgan fingerprint density at radius 3 is 2.11 bits per heavy atom. The minimum Gasteiger partial charge on any atom is -0.308 e. The molecule has 0 N–H and O–H groups in total. The van der Waals surface area contributed by atoms with Crippen molar-refractivity contribution in [1.82, 2.24) is 4.40 Å². The quantitative estimate of drug-likeness (QED) is 0.475. The lowest BCUT2D eigenvalue weighted by Gasteiger charge is -1.95. The maximum Gasteiger partial charge on any atom is 0.0614 e. The largest absolute Gasteiger partial charge is 0.308 e. The van der Waals surface area contributed by atoms with E-state index in [4.69, 9.17) is 0 Å². The standard InChI is InChI=1S/C18H13N/c1-3-13-15-9-5-7-11-17(15)19-16-10-6-4-8-14(16)12(2)18(13)19/h3-11H,1-2H2. The van der Waals surface area contributed by atoms with Crippen LogP contribution in [0.1, 0.15) is 5.56 Å². The van der Waals surface area contributed by atoms with Crippen LogP contribution in [0, 0.1) is 0 Å². The van der Waals surface area contributed by atoms with E-state index in [9.17, 15) is 0 Å². The van der Waals surface area contributed by atoms with Crippen LogP contribution in [0.3, 0.4) is 0 Å². The Kier molecular flexibility index (Phi) is 1.91. The highest BCUT2D eigenvalue weighted by atomic mass is 14.9. The molecule has 0 spiro atoms. The molecule has 0 unspecified atom stereocenters. The first kappa shape index (κ1) is 10.4. The summed E-state index contributed by atoms with van der Waals surface area (Å²) in [6.45, 7) is 8.25. The van der Waals surface area contributed by atoms with E-state index >= 15 is 0 Å². The number of rotatable bonds is 1. The summed E-state index contributed by atoms with van der Waals surface area (Å²) < 4.78 is 2.30. The van der Waals surface area contributed by atoms with Crippen LogP contribution in [0.2, 0.25) is 0 Å². The number of hydrogen-bond acceptors (Lipinski definition) is 0. The van der Waals surface area contributed by atoms with Crippen LogP contribution in [0.25, 0.3) is 40.0 Å². The van der Waals surface area contributed by atoms with Crippen molar-refractivity contribution in [2.24, 2.45) is 0 Å². The second-order valence-electron chi connectivity index (χ2n) is 4.81. The zero-order valence-corrected chi connectivity index (χ0v) is 10.6. The van der Waals surface area contributed by atoms with Crippen LogP contribution < -0.4 is 5.22 Å². The Morgan fingerprint density at radius 2 is 1.42 bits per heavy atom. The molecule has 4 aromatic rings. The predicted molar refractivity (Wildman–Crippen MR) is 83.2 cm³/mol. The molecule has 19 heavy (non-hydrogen) atoms. The SMILES string of the molecule is C=Cc1c2ccccc2n2c1c(=C)c1ccccc12. The molecule has 0 saturated heterocycles. The molecular formula is C18H13N. The van der Waals surface area contributed by atoms with Crippen LogP contribution in [0.4, 0.5) is 0 Å². The van der Waals surface area contributed by atoms with E-state index in [0.717, 1.165) is 5.22 Å². The third-order valence-electron chi connectivity index (χ3n) is 3.87. The second kappa shape index (κ2) is 3.48. The van der Waals surface area contributed by atoms with Gasteiger partial charge in [0.2, 0.25) is 0 Å². The van der Waals surface area contributed by atoms with Gasteiger partial charge in [-0.15, -0.1) is 0 Å². The third kappa shape index (κ3) is 1.14. The molecule has 0 bridgehead atoms. The summed E-state index contributed by atoms with van der Waals surface area (Å²) in [7, 11) is 0. The number of benzene rings is 2. The average Bonchev–Trinajstić information content (AvgIpc) is 2.94. The van der Waals surface area contributed by atoms with E-state index in [0.29, 0.717) is 0 Å². The van der Waals surface area contributed by atoms with Gasteiger partial charge in [-0.05, 0) is 12.1 Å². The molecule has 1 nitrogen and oxygen atoms in total. The van der Waals surface area contributed by atoms with Crippen molar-refractivity contribution in [3.8, 4) is 0 Å². The normalized spacial score (nSPS) is 11.6. The Labute approximate surface area is 111 Å². The summed E-state index contributed by atoms with van der Waals surface area (Å²) in [6.07, 6.45) is 1.94. The molecule has 0 radical (unpaired) electrons. The van der Waals surface area contributed by atoms with Crippen LogP contribution in [-0.2, 0) is 0 Å². The first-order chi connectivity index (χ1) is 9.33. The van der Waals surface area contributed by atoms with E-state index in [1.54, 1.807) is 0 Å². The van der Waals surface area contributed by atoms with Gasteiger partial charge in [0.1, 0.15) is 0 Å². The lowest BCUT2D eigenvalue weighted by Crippen LogP contribution is -1.94. The molecule has 0 fully saturated rings. The van der Waals surface area contributed by atoms with Gasteiger partial charge in [0.15, 0.2) is 0 Å². The maximum absolute atomic E-state index is 4.27. The molecular weight excluding hydrogens is 230 g/mol. The first-order valence-electron chi connectivity index (χ1n) is 6.38. The minimum atomic E-state index is 1.08. The highest BCUT2D eigenvalue weighted by Crippen LogP contribution is 2.29. The van der Waals surface area contributed by atoms with Gasteiger partial charge in [-0.25, -0.2) is 0 Å². The summed E-state index contributed by atoms with van der Waals surface area (Å²) in [5.74, 6) is 0. The van der Waals surface area contributed by atoms with E-state index in [-0.39, 0.29) is 0 Å². The predicted octanol–water partition coefficient (Wildman–Crippen LogP) is 4.02. The smallest absolute Gasteiger partial charge is 0.0614 e. The maximum atomic E-state index is 4.27.